The number of para-hydroxylation sites is 1. The van der Waals surface area contributed by atoms with E-state index in [9.17, 15) is 0 Å². The number of aryl methyl sites for hydroxylation is 2. The Labute approximate surface area is 148 Å². The molecular weight excluding hydrogens is 308 g/mol. The van der Waals surface area contributed by atoms with E-state index in [0.717, 1.165) is 50.4 Å². The van der Waals surface area contributed by atoms with Gasteiger partial charge in [-0.3, -0.25) is 4.68 Å². The lowest BCUT2D eigenvalue weighted by molar-refractivity contribution is 0.532. The molecule has 4 rings (SSSR count). The van der Waals surface area contributed by atoms with Gasteiger partial charge in [-0.15, -0.1) is 0 Å². The monoisotopic (exact) mass is 332 g/mol. The molecule has 0 fully saturated rings. The Morgan fingerprint density at radius 2 is 1.76 bits per heavy atom. The van der Waals surface area contributed by atoms with Crippen LogP contribution >= 0.6 is 0 Å². The van der Waals surface area contributed by atoms with Crippen LogP contribution in [-0.2, 0) is 25.9 Å². The number of nitrogens with zero attached hydrogens (tertiary/aromatic N) is 2. The molecule has 0 amide bonds. The van der Waals surface area contributed by atoms with Gasteiger partial charge in [-0.25, -0.2) is 0 Å². The van der Waals surface area contributed by atoms with Gasteiger partial charge in [-0.05, 0) is 30.5 Å². The third-order valence-electron chi connectivity index (χ3n) is 4.72. The van der Waals surface area contributed by atoms with E-state index in [1.807, 2.05) is 18.2 Å². The SMILES string of the molecule is c1ccc(CCCn2nc(Nc3ccccc3)c3c2CCNC3)cc1. The Kier molecular flexibility index (Phi) is 4.79. The van der Waals surface area contributed by atoms with Crippen LogP contribution in [0.5, 0.6) is 0 Å². The molecule has 0 spiro atoms. The Hall–Kier alpha value is -2.59. The lowest BCUT2D eigenvalue weighted by Gasteiger charge is -2.15. The summed E-state index contributed by atoms with van der Waals surface area (Å²) in [4.78, 5) is 0. The predicted octanol–water partition coefficient (Wildman–Crippen LogP) is 3.91. The molecule has 0 unspecified atom stereocenters. The Morgan fingerprint density at radius 3 is 2.56 bits per heavy atom. The van der Waals surface area contributed by atoms with Crippen LogP contribution in [0.25, 0.3) is 0 Å². The summed E-state index contributed by atoms with van der Waals surface area (Å²) >= 11 is 0. The van der Waals surface area contributed by atoms with Crippen LogP contribution < -0.4 is 10.6 Å². The highest BCUT2D eigenvalue weighted by Gasteiger charge is 2.20. The second kappa shape index (κ2) is 7.53. The molecule has 0 bridgehead atoms. The van der Waals surface area contributed by atoms with Crippen molar-refractivity contribution in [2.24, 2.45) is 0 Å². The maximum Gasteiger partial charge on any atom is 0.157 e. The maximum atomic E-state index is 4.88. The van der Waals surface area contributed by atoms with Crippen molar-refractivity contribution >= 4 is 11.5 Å². The van der Waals surface area contributed by atoms with E-state index in [1.165, 1.54) is 16.8 Å². The fourth-order valence-corrected chi connectivity index (χ4v) is 3.44. The molecule has 4 heteroatoms. The molecule has 0 saturated heterocycles. The molecule has 0 radical (unpaired) electrons. The van der Waals surface area contributed by atoms with Crippen LogP contribution in [-0.4, -0.2) is 16.3 Å². The van der Waals surface area contributed by atoms with Crippen LogP contribution in [0, 0.1) is 0 Å². The third-order valence-corrected chi connectivity index (χ3v) is 4.72. The normalized spacial score (nSPS) is 13.4. The van der Waals surface area contributed by atoms with Gasteiger partial charge in [0.2, 0.25) is 0 Å². The molecule has 1 aromatic heterocycles. The summed E-state index contributed by atoms with van der Waals surface area (Å²) in [6, 6.07) is 21.0. The van der Waals surface area contributed by atoms with E-state index in [-0.39, 0.29) is 0 Å². The van der Waals surface area contributed by atoms with Crippen LogP contribution in [0.4, 0.5) is 11.5 Å². The molecule has 0 atom stereocenters. The van der Waals surface area contributed by atoms with Gasteiger partial charge in [0, 0.05) is 43.0 Å². The first-order chi connectivity index (χ1) is 12.4. The van der Waals surface area contributed by atoms with Crippen LogP contribution in [0.3, 0.4) is 0 Å². The third kappa shape index (κ3) is 3.74. The summed E-state index contributed by atoms with van der Waals surface area (Å²) in [7, 11) is 0. The molecule has 4 nitrogen and oxygen atoms in total. The van der Waals surface area contributed by atoms with Crippen LogP contribution in [0.1, 0.15) is 23.2 Å². The molecule has 2 N–H and O–H groups in total. The fraction of sp³-hybridized carbons (Fsp3) is 0.286. The molecule has 25 heavy (non-hydrogen) atoms. The Morgan fingerprint density at radius 1 is 1.00 bits per heavy atom. The summed E-state index contributed by atoms with van der Waals surface area (Å²) in [5, 5.41) is 11.8. The van der Waals surface area contributed by atoms with Gasteiger partial charge in [-0.1, -0.05) is 48.5 Å². The summed E-state index contributed by atoms with van der Waals surface area (Å²) in [6.45, 7) is 2.89. The van der Waals surface area contributed by atoms with Gasteiger partial charge in [0.25, 0.3) is 0 Å². The van der Waals surface area contributed by atoms with E-state index >= 15 is 0 Å². The van der Waals surface area contributed by atoms with E-state index in [4.69, 9.17) is 5.10 Å². The molecule has 1 aliphatic heterocycles. The smallest absolute Gasteiger partial charge is 0.157 e. The highest BCUT2D eigenvalue weighted by molar-refractivity contribution is 5.60. The zero-order valence-corrected chi connectivity index (χ0v) is 14.4. The van der Waals surface area contributed by atoms with E-state index < -0.39 is 0 Å². The fourth-order valence-electron chi connectivity index (χ4n) is 3.44. The van der Waals surface area contributed by atoms with Gasteiger partial charge in [0.1, 0.15) is 0 Å². The number of aromatic nitrogens is 2. The average molecular weight is 332 g/mol. The van der Waals surface area contributed by atoms with E-state index in [1.54, 1.807) is 0 Å². The van der Waals surface area contributed by atoms with Crippen molar-refractivity contribution in [1.82, 2.24) is 15.1 Å². The van der Waals surface area contributed by atoms with Crippen molar-refractivity contribution in [2.75, 3.05) is 11.9 Å². The number of hydrogen-bond acceptors (Lipinski definition) is 3. The Balaban J connectivity index is 1.49. The van der Waals surface area contributed by atoms with Crippen molar-refractivity contribution in [1.29, 1.82) is 0 Å². The summed E-state index contributed by atoms with van der Waals surface area (Å²) < 4.78 is 2.21. The van der Waals surface area contributed by atoms with Gasteiger partial charge in [0.05, 0.1) is 0 Å². The van der Waals surface area contributed by atoms with Crippen molar-refractivity contribution < 1.29 is 0 Å². The second-order valence-corrected chi connectivity index (χ2v) is 6.50. The number of fused-ring (bicyclic) bond motifs is 1. The van der Waals surface area contributed by atoms with Crippen LogP contribution in [0.2, 0.25) is 0 Å². The highest BCUT2D eigenvalue weighted by Crippen LogP contribution is 2.26. The standard InChI is InChI=1S/C21H24N4/c1-3-8-17(9-4-1)10-7-15-25-20-13-14-22-16-19(20)21(24-25)23-18-11-5-2-6-12-18/h1-6,8-9,11-12,22H,7,10,13-16H2,(H,23,24). The molecule has 2 heterocycles. The van der Waals surface area contributed by atoms with Crippen molar-refractivity contribution in [3.8, 4) is 0 Å². The quantitative estimate of drug-likeness (QED) is 0.719. The minimum absolute atomic E-state index is 0.892. The minimum atomic E-state index is 0.892. The Bertz CT molecular complexity index is 809. The highest BCUT2D eigenvalue weighted by atomic mass is 15.3. The van der Waals surface area contributed by atoms with Gasteiger partial charge < -0.3 is 10.6 Å². The zero-order chi connectivity index (χ0) is 16.9. The van der Waals surface area contributed by atoms with Crippen molar-refractivity contribution in [2.45, 2.75) is 32.4 Å². The zero-order valence-electron chi connectivity index (χ0n) is 14.4. The van der Waals surface area contributed by atoms with Gasteiger partial charge in [0.15, 0.2) is 5.82 Å². The number of nitrogens with one attached hydrogen (secondary N) is 2. The molecule has 2 aromatic carbocycles. The van der Waals surface area contributed by atoms with Gasteiger partial charge in [-0.2, -0.15) is 5.10 Å². The molecule has 0 saturated carbocycles. The number of benzene rings is 2. The van der Waals surface area contributed by atoms with Crippen molar-refractivity contribution in [3.05, 3.63) is 77.5 Å². The predicted molar refractivity (Wildman–Crippen MR) is 102 cm³/mol. The average Bonchev–Trinajstić information content (AvgIpc) is 3.01. The summed E-state index contributed by atoms with van der Waals surface area (Å²) in [5.74, 6) is 0.994. The minimum Gasteiger partial charge on any atom is -0.338 e. The van der Waals surface area contributed by atoms with E-state index in [0.29, 0.717) is 0 Å². The number of anilines is 2. The van der Waals surface area contributed by atoms with Crippen molar-refractivity contribution in [3.63, 3.8) is 0 Å². The largest absolute Gasteiger partial charge is 0.338 e. The molecule has 0 aliphatic carbocycles. The lowest BCUT2D eigenvalue weighted by atomic mass is 10.1. The molecule has 128 valence electrons. The van der Waals surface area contributed by atoms with Gasteiger partial charge >= 0.3 is 0 Å². The lowest BCUT2D eigenvalue weighted by Crippen LogP contribution is -2.25. The maximum absolute atomic E-state index is 4.88. The number of hydrogen-bond donors (Lipinski definition) is 2. The summed E-state index contributed by atoms with van der Waals surface area (Å²) in [6.07, 6.45) is 3.25. The summed E-state index contributed by atoms with van der Waals surface area (Å²) in [5.41, 5.74) is 5.18. The molecule has 3 aromatic rings. The molecule has 1 aliphatic rings. The molecular formula is C21H24N4. The topological polar surface area (TPSA) is 41.9 Å². The first-order valence-corrected chi connectivity index (χ1v) is 9.05. The first kappa shape index (κ1) is 15.9. The number of rotatable bonds is 6. The van der Waals surface area contributed by atoms with Crippen LogP contribution in [0.15, 0.2) is 60.7 Å². The van der Waals surface area contributed by atoms with E-state index in [2.05, 4.69) is 57.8 Å². The first-order valence-electron chi connectivity index (χ1n) is 9.05. The second-order valence-electron chi connectivity index (χ2n) is 6.50.